The standard InChI is InChI=1S/C22H24N2O8.3ClH.Sb/c1-21(31)8-5-4-6-11(25)12(8)16(26)13-9(21)7-10-15(24(2)3)17(27)14(20(23)30)19(29)22(10,32)18(13)28;;;;/h4-6,9-10,15,25-26,29,31-32H,7H2,1-3H3,(H2,23,30);3*1H;/q;;;;+3/p-3. The number of nitrogens with zero attached hydrogens (tertiary/aromatic N) is 1. The van der Waals surface area contributed by atoms with Crippen LogP contribution in [0.5, 0.6) is 5.75 Å². The van der Waals surface area contributed by atoms with Crippen LogP contribution in [0.15, 0.2) is 35.1 Å². The second kappa shape index (κ2) is 11.1. The quantitative estimate of drug-likeness (QED) is 0.225. The number of rotatable bonds is 2. The third-order valence-electron chi connectivity index (χ3n) is 6.96. The second-order valence-corrected chi connectivity index (χ2v) is 8.90. The Balaban J connectivity index is 0.00000306. The number of nitrogens with two attached hydrogens (primary N) is 1. The van der Waals surface area contributed by atoms with Crippen LogP contribution >= 0.6 is 37.2 Å². The molecule has 36 heavy (non-hydrogen) atoms. The number of hydrogen-bond acceptors (Lipinski definition) is 9. The number of Topliss-reactive ketones (excluding diaryl/α,β-unsaturated/α-hetero) is 2. The van der Waals surface area contributed by atoms with E-state index in [4.69, 9.17) is 5.73 Å². The smallest absolute Gasteiger partial charge is 0.873 e. The van der Waals surface area contributed by atoms with Gasteiger partial charge in [0.15, 0.2) is 11.6 Å². The fraction of sp³-hybridized carbons (Fsp3) is 0.409. The molecule has 0 aromatic heterocycles. The van der Waals surface area contributed by atoms with Crippen LogP contribution in [0, 0.1) is 11.8 Å². The van der Waals surface area contributed by atoms with Gasteiger partial charge in [0.1, 0.15) is 5.60 Å². The van der Waals surface area contributed by atoms with Crippen molar-refractivity contribution in [1.82, 2.24) is 4.90 Å². The third kappa shape index (κ3) is 4.30. The van der Waals surface area contributed by atoms with Crippen molar-refractivity contribution in [2.45, 2.75) is 30.6 Å². The first-order valence-corrected chi connectivity index (χ1v) is 9.91. The molecule has 3 aliphatic rings. The van der Waals surface area contributed by atoms with Gasteiger partial charge in [-0.15, -0.1) is 43.0 Å². The van der Waals surface area contributed by atoms with Crippen LogP contribution < -0.4 is 21.1 Å². The molecule has 1 saturated carbocycles. The monoisotopic (exact) mass is 670 g/mol. The normalized spacial score (nSPS) is 30.6. The van der Waals surface area contributed by atoms with Crippen molar-refractivity contribution in [3.63, 3.8) is 0 Å². The zero-order valence-corrected chi connectivity index (χ0v) is 24.2. The fourth-order valence-corrected chi connectivity index (χ4v) is 5.45. The number of likely N-dealkylation sites (N-methyl/N-ethyl adjacent to an activating group) is 1. The molecular weight excluding hydrogens is 648 g/mol. The Hall–Kier alpha value is -1.52. The molecule has 196 valence electrons. The zero-order valence-electron chi connectivity index (χ0n) is 19.2. The zero-order chi connectivity index (χ0) is 23.9. The van der Waals surface area contributed by atoms with E-state index in [0.29, 0.717) is 0 Å². The first kappa shape index (κ1) is 34.5. The molecular formula is C22H24Cl3N2O8Sb. The van der Waals surface area contributed by atoms with Gasteiger partial charge < -0.3 is 31.3 Å². The Morgan fingerprint density at radius 1 is 1.11 bits per heavy atom. The topological polar surface area (TPSA) is 190 Å². The molecule has 3 aliphatic carbocycles. The van der Waals surface area contributed by atoms with E-state index in [-0.39, 0.29) is 73.6 Å². The Kier molecular flexibility index (Phi) is 10.6. The van der Waals surface area contributed by atoms with Crippen molar-refractivity contribution in [3.05, 3.63) is 46.2 Å². The molecule has 0 spiro atoms. The SMILES string of the molecule is CN(C)C1C(=O)C(C(N)=O)=C([O-])C2(O)C(=O)C3=C([O-])c4c([O-])cccc4C(C)(O)C3CC12.Cl.Cl.Cl.[Sb+3]. The van der Waals surface area contributed by atoms with Crippen molar-refractivity contribution in [2.75, 3.05) is 14.1 Å². The van der Waals surface area contributed by atoms with E-state index in [1.165, 1.54) is 38.1 Å². The van der Waals surface area contributed by atoms with Gasteiger partial charge in [-0.05, 0) is 44.1 Å². The van der Waals surface area contributed by atoms with Gasteiger partial charge >= 0.3 is 24.4 Å². The number of carbonyl (C=O) groups is 3. The van der Waals surface area contributed by atoms with Crippen molar-refractivity contribution >= 4 is 84.9 Å². The second-order valence-electron chi connectivity index (χ2n) is 8.90. The largest absolute Gasteiger partial charge is 3.00 e. The molecule has 4 rings (SSSR count). The van der Waals surface area contributed by atoms with Crippen molar-refractivity contribution in [2.24, 2.45) is 17.6 Å². The molecule has 0 aliphatic heterocycles. The van der Waals surface area contributed by atoms with E-state index < -0.39 is 80.5 Å². The molecule has 14 heteroatoms. The maximum absolute atomic E-state index is 13.6. The Bertz CT molecular complexity index is 1170. The van der Waals surface area contributed by atoms with Crippen LogP contribution in [0.2, 0.25) is 0 Å². The number of primary amides is 1. The summed E-state index contributed by atoms with van der Waals surface area (Å²) in [5.74, 6) is -9.41. The number of ketones is 2. The van der Waals surface area contributed by atoms with E-state index in [9.17, 15) is 39.9 Å². The predicted molar refractivity (Wildman–Crippen MR) is 130 cm³/mol. The predicted octanol–water partition coefficient (Wildman–Crippen LogP) is -2.51. The van der Waals surface area contributed by atoms with Crippen molar-refractivity contribution in [1.29, 1.82) is 0 Å². The molecule has 10 nitrogen and oxygen atoms in total. The molecule has 5 atom stereocenters. The number of fused-ring (bicyclic) bond motifs is 3. The van der Waals surface area contributed by atoms with Gasteiger partial charge in [0.25, 0.3) is 5.91 Å². The number of halogens is 3. The number of aliphatic hydroxyl groups is 2. The molecule has 1 aromatic rings. The first-order valence-electron chi connectivity index (χ1n) is 9.91. The van der Waals surface area contributed by atoms with Gasteiger partial charge in [-0.25, -0.2) is 0 Å². The van der Waals surface area contributed by atoms with Crippen LogP contribution in [0.1, 0.15) is 24.5 Å². The summed E-state index contributed by atoms with van der Waals surface area (Å²) < 4.78 is 0. The minimum absolute atomic E-state index is 0. The summed E-state index contributed by atoms with van der Waals surface area (Å²) >= 11 is 0. The van der Waals surface area contributed by atoms with E-state index in [0.717, 1.165) is 6.07 Å². The summed E-state index contributed by atoms with van der Waals surface area (Å²) in [6, 6.07) is 2.59. The average molecular weight is 673 g/mol. The Morgan fingerprint density at radius 3 is 2.17 bits per heavy atom. The van der Waals surface area contributed by atoms with E-state index in [2.05, 4.69) is 0 Å². The summed E-state index contributed by atoms with van der Waals surface area (Å²) in [7, 11) is 2.93. The molecule has 1 amide bonds. The van der Waals surface area contributed by atoms with Crippen LogP contribution in [-0.4, -0.2) is 82.8 Å². The molecule has 4 N–H and O–H groups in total. The summed E-state index contributed by atoms with van der Waals surface area (Å²) in [6.07, 6.45) is -0.300. The molecule has 0 saturated heterocycles. The number of hydrogen-bond donors (Lipinski definition) is 3. The molecule has 1 fully saturated rings. The summed E-state index contributed by atoms with van der Waals surface area (Å²) in [5, 5.41) is 61.4. The van der Waals surface area contributed by atoms with Crippen LogP contribution in [0.25, 0.3) is 5.76 Å². The maximum atomic E-state index is 13.6. The third-order valence-corrected chi connectivity index (χ3v) is 6.96. The van der Waals surface area contributed by atoms with Gasteiger partial charge in [-0.2, -0.15) is 0 Å². The van der Waals surface area contributed by atoms with Gasteiger partial charge in [-0.1, -0.05) is 29.7 Å². The molecule has 5 unspecified atom stereocenters. The summed E-state index contributed by atoms with van der Waals surface area (Å²) in [5.41, 5.74) is -1.60. The Morgan fingerprint density at radius 2 is 1.67 bits per heavy atom. The number of amides is 1. The average Bonchev–Trinajstić information content (AvgIpc) is 2.68. The van der Waals surface area contributed by atoms with Crippen molar-refractivity contribution < 1.29 is 39.9 Å². The van der Waals surface area contributed by atoms with Crippen molar-refractivity contribution in [3.8, 4) is 5.75 Å². The van der Waals surface area contributed by atoms with E-state index in [1.54, 1.807) is 0 Å². The van der Waals surface area contributed by atoms with Gasteiger partial charge in [0.2, 0.25) is 0 Å². The molecule has 1 aromatic carbocycles. The maximum Gasteiger partial charge on any atom is 3.00 e. The van der Waals surface area contributed by atoms with Gasteiger partial charge in [0, 0.05) is 11.8 Å². The minimum atomic E-state index is -2.92. The molecule has 0 heterocycles. The van der Waals surface area contributed by atoms with Crippen LogP contribution in [0.3, 0.4) is 0 Å². The summed E-state index contributed by atoms with van der Waals surface area (Å²) in [4.78, 5) is 39.7. The number of carbonyl (C=O) groups excluding carboxylic acids is 3. The molecule has 0 bridgehead atoms. The first-order chi connectivity index (χ1) is 14.8. The van der Waals surface area contributed by atoms with Gasteiger partial charge in [0.05, 0.1) is 17.2 Å². The van der Waals surface area contributed by atoms with E-state index >= 15 is 0 Å². The fourth-order valence-electron chi connectivity index (χ4n) is 5.45. The van der Waals surface area contributed by atoms with Crippen LogP contribution in [0.4, 0.5) is 0 Å². The minimum Gasteiger partial charge on any atom is -0.873 e. The molecule has 2 radical (unpaired) electrons. The number of benzene rings is 1. The van der Waals surface area contributed by atoms with Crippen LogP contribution in [-0.2, 0) is 20.0 Å². The summed E-state index contributed by atoms with van der Waals surface area (Å²) in [6.45, 7) is 1.33. The van der Waals surface area contributed by atoms with Gasteiger partial charge in [-0.3, -0.25) is 19.3 Å². The Labute approximate surface area is 242 Å². The van der Waals surface area contributed by atoms with E-state index in [1.807, 2.05) is 0 Å².